The number of hydrogen-bond donors (Lipinski definition) is 1. The highest BCUT2D eigenvalue weighted by Crippen LogP contribution is 2.30. The lowest BCUT2D eigenvalue weighted by molar-refractivity contribution is -0.127. The quantitative estimate of drug-likeness (QED) is 0.857. The van der Waals surface area contributed by atoms with Gasteiger partial charge in [0.1, 0.15) is 0 Å². The van der Waals surface area contributed by atoms with Crippen LogP contribution in [0.2, 0.25) is 0 Å². The minimum Gasteiger partial charge on any atom is -0.353 e. The van der Waals surface area contributed by atoms with Crippen molar-refractivity contribution in [2.24, 2.45) is 17.8 Å². The maximum atomic E-state index is 12.5. The summed E-state index contributed by atoms with van der Waals surface area (Å²) < 4.78 is 25.5. The van der Waals surface area contributed by atoms with Gasteiger partial charge in [0, 0.05) is 19.1 Å². The predicted molar refractivity (Wildman–Crippen MR) is 87.9 cm³/mol. The van der Waals surface area contributed by atoms with Gasteiger partial charge < -0.3 is 5.32 Å². The molecule has 1 saturated carbocycles. The Hall–Kier alpha value is -0.620. The summed E-state index contributed by atoms with van der Waals surface area (Å²) >= 11 is 0. The number of hydrogen-bond acceptors (Lipinski definition) is 3. The maximum Gasteiger partial charge on any atom is 0.224 e. The summed E-state index contributed by atoms with van der Waals surface area (Å²) in [4.78, 5) is 12.5. The summed E-state index contributed by atoms with van der Waals surface area (Å²) in [6, 6.07) is 0.245. The molecule has 0 aromatic rings. The van der Waals surface area contributed by atoms with Gasteiger partial charge >= 0.3 is 0 Å². The van der Waals surface area contributed by atoms with Crippen LogP contribution in [0.25, 0.3) is 0 Å². The molecule has 6 heteroatoms. The second kappa shape index (κ2) is 7.30. The number of carbonyl (C=O) groups is 1. The number of carbonyl (C=O) groups excluding carboxylic acids is 1. The highest BCUT2D eigenvalue weighted by molar-refractivity contribution is 7.89. The van der Waals surface area contributed by atoms with Gasteiger partial charge in [-0.15, -0.1) is 0 Å². The van der Waals surface area contributed by atoms with Crippen LogP contribution in [0.4, 0.5) is 0 Å². The van der Waals surface area contributed by atoms with Crippen LogP contribution in [0, 0.1) is 17.8 Å². The van der Waals surface area contributed by atoms with E-state index in [0.29, 0.717) is 24.9 Å². The fraction of sp³-hybridized carbons (Fsp3) is 0.938. The molecule has 1 heterocycles. The van der Waals surface area contributed by atoms with Crippen LogP contribution in [0.1, 0.15) is 52.9 Å². The Labute approximate surface area is 134 Å². The number of amides is 1. The molecule has 5 nitrogen and oxygen atoms in total. The third-order valence-electron chi connectivity index (χ3n) is 5.55. The maximum absolute atomic E-state index is 12.5. The number of rotatable bonds is 4. The Morgan fingerprint density at radius 3 is 2.59 bits per heavy atom. The van der Waals surface area contributed by atoms with Gasteiger partial charge in [0.15, 0.2) is 0 Å². The van der Waals surface area contributed by atoms with Crippen molar-refractivity contribution >= 4 is 15.9 Å². The first-order chi connectivity index (χ1) is 10.3. The second-order valence-electron chi connectivity index (χ2n) is 6.98. The molecule has 0 radical (unpaired) electrons. The van der Waals surface area contributed by atoms with Crippen molar-refractivity contribution in [3.8, 4) is 0 Å². The predicted octanol–water partition coefficient (Wildman–Crippen LogP) is 1.99. The molecular weight excluding hydrogens is 300 g/mol. The molecule has 0 aromatic carbocycles. The van der Waals surface area contributed by atoms with Gasteiger partial charge in [-0.1, -0.05) is 26.7 Å². The van der Waals surface area contributed by atoms with Gasteiger partial charge in [-0.3, -0.25) is 4.79 Å². The molecule has 1 amide bonds. The zero-order valence-electron chi connectivity index (χ0n) is 14.0. The second-order valence-corrected chi connectivity index (χ2v) is 9.24. The molecule has 0 unspecified atom stereocenters. The Balaban J connectivity index is 1.95. The summed E-state index contributed by atoms with van der Waals surface area (Å²) in [5, 5.41) is 3.20. The monoisotopic (exact) mass is 330 g/mol. The SMILES string of the molecule is CCS(=O)(=O)N1CCC[C@@H](C(=O)N[C@@H]2CCC[C@H](C)[C@@H]2C)C1. The van der Waals surface area contributed by atoms with Crippen molar-refractivity contribution < 1.29 is 13.2 Å². The van der Waals surface area contributed by atoms with E-state index < -0.39 is 10.0 Å². The molecule has 2 fully saturated rings. The van der Waals surface area contributed by atoms with E-state index in [1.807, 2.05) is 0 Å². The van der Waals surface area contributed by atoms with Crippen molar-refractivity contribution in [2.45, 2.75) is 58.9 Å². The van der Waals surface area contributed by atoms with Gasteiger partial charge in [-0.2, -0.15) is 0 Å². The number of nitrogens with one attached hydrogen (secondary N) is 1. The average molecular weight is 330 g/mol. The first kappa shape index (κ1) is 17.7. The fourth-order valence-electron chi connectivity index (χ4n) is 3.68. The first-order valence-electron chi connectivity index (χ1n) is 8.63. The molecule has 1 aliphatic carbocycles. The van der Waals surface area contributed by atoms with Crippen LogP contribution in [0.3, 0.4) is 0 Å². The van der Waals surface area contributed by atoms with Crippen molar-refractivity contribution in [1.29, 1.82) is 0 Å². The van der Waals surface area contributed by atoms with Gasteiger partial charge in [-0.25, -0.2) is 12.7 Å². The summed E-state index contributed by atoms with van der Waals surface area (Å²) in [5.41, 5.74) is 0. The van der Waals surface area contributed by atoms with Crippen molar-refractivity contribution in [3.63, 3.8) is 0 Å². The molecule has 2 rings (SSSR count). The minimum atomic E-state index is -3.19. The van der Waals surface area contributed by atoms with E-state index in [0.717, 1.165) is 25.7 Å². The highest BCUT2D eigenvalue weighted by atomic mass is 32.2. The number of piperidine rings is 1. The summed E-state index contributed by atoms with van der Waals surface area (Å²) in [7, 11) is -3.19. The molecule has 1 saturated heterocycles. The van der Waals surface area contributed by atoms with E-state index in [1.165, 1.54) is 10.7 Å². The molecule has 2 aliphatic rings. The topological polar surface area (TPSA) is 66.5 Å². The largest absolute Gasteiger partial charge is 0.353 e. The Morgan fingerprint density at radius 1 is 1.18 bits per heavy atom. The van der Waals surface area contributed by atoms with E-state index in [1.54, 1.807) is 6.92 Å². The smallest absolute Gasteiger partial charge is 0.224 e. The molecule has 0 bridgehead atoms. The standard InChI is InChI=1S/C16H30N2O3S/c1-4-22(20,21)18-10-6-8-14(11-18)16(19)17-15-9-5-7-12(2)13(15)3/h12-15H,4-11H2,1-3H3,(H,17,19)/t12-,13-,14+,15+/m0/s1. The fourth-order valence-corrected chi connectivity index (χ4v) is 4.86. The normalized spacial score (nSPS) is 34.3. The van der Waals surface area contributed by atoms with Crippen LogP contribution in [-0.2, 0) is 14.8 Å². The van der Waals surface area contributed by atoms with E-state index in [-0.39, 0.29) is 23.6 Å². The van der Waals surface area contributed by atoms with E-state index in [4.69, 9.17) is 0 Å². The van der Waals surface area contributed by atoms with Gasteiger partial charge in [-0.05, 0) is 38.0 Å². The lowest BCUT2D eigenvalue weighted by Gasteiger charge is -2.37. The van der Waals surface area contributed by atoms with Crippen molar-refractivity contribution in [1.82, 2.24) is 9.62 Å². The van der Waals surface area contributed by atoms with Crippen molar-refractivity contribution in [3.05, 3.63) is 0 Å². The van der Waals surface area contributed by atoms with Crippen LogP contribution < -0.4 is 5.32 Å². The van der Waals surface area contributed by atoms with Crippen LogP contribution in [-0.4, -0.2) is 43.5 Å². The Bertz CT molecular complexity index is 492. The van der Waals surface area contributed by atoms with Gasteiger partial charge in [0.05, 0.1) is 11.7 Å². The van der Waals surface area contributed by atoms with Crippen molar-refractivity contribution in [2.75, 3.05) is 18.8 Å². The molecule has 0 aromatic heterocycles. The molecule has 1 N–H and O–H groups in total. The average Bonchev–Trinajstić information content (AvgIpc) is 2.52. The third kappa shape index (κ3) is 4.02. The molecule has 1 aliphatic heterocycles. The van der Waals surface area contributed by atoms with Crippen LogP contribution in [0.5, 0.6) is 0 Å². The molecule has 22 heavy (non-hydrogen) atoms. The highest BCUT2D eigenvalue weighted by Gasteiger charge is 2.34. The van der Waals surface area contributed by atoms with E-state index >= 15 is 0 Å². The Kier molecular flexibility index (Phi) is 5.88. The van der Waals surface area contributed by atoms with E-state index in [9.17, 15) is 13.2 Å². The molecule has 4 atom stereocenters. The van der Waals surface area contributed by atoms with Crippen LogP contribution >= 0.6 is 0 Å². The zero-order chi connectivity index (χ0) is 16.3. The summed E-state index contributed by atoms with van der Waals surface area (Å²) in [6.07, 6.45) is 5.00. The molecule has 0 spiro atoms. The molecule has 128 valence electrons. The molecular formula is C16H30N2O3S. The first-order valence-corrected chi connectivity index (χ1v) is 10.2. The Morgan fingerprint density at radius 2 is 1.91 bits per heavy atom. The van der Waals surface area contributed by atoms with Gasteiger partial charge in [0.2, 0.25) is 15.9 Å². The summed E-state index contributed by atoms with van der Waals surface area (Å²) in [6.45, 7) is 7.02. The number of nitrogens with zero attached hydrogens (tertiary/aromatic N) is 1. The minimum absolute atomic E-state index is 0.0435. The number of sulfonamides is 1. The van der Waals surface area contributed by atoms with Crippen LogP contribution in [0.15, 0.2) is 0 Å². The lowest BCUT2D eigenvalue weighted by atomic mass is 9.78. The summed E-state index contributed by atoms with van der Waals surface area (Å²) in [5.74, 6) is 1.10. The lowest BCUT2D eigenvalue weighted by Crippen LogP contribution is -2.50. The zero-order valence-corrected chi connectivity index (χ0v) is 14.9. The third-order valence-corrected chi connectivity index (χ3v) is 7.40. The van der Waals surface area contributed by atoms with E-state index in [2.05, 4.69) is 19.2 Å². The van der Waals surface area contributed by atoms with Gasteiger partial charge in [0.25, 0.3) is 0 Å².